The molecule has 2 nitrogen and oxygen atoms in total. The number of hydrogen-bond donors (Lipinski definition) is 0. The van der Waals surface area contributed by atoms with Gasteiger partial charge in [0.1, 0.15) is 23.0 Å². The van der Waals surface area contributed by atoms with Gasteiger partial charge in [0.05, 0.1) is 0 Å². The van der Waals surface area contributed by atoms with E-state index in [-0.39, 0.29) is 16.6 Å². The second-order valence-electron chi connectivity index (χ2n) is 4.50. The molecule has 0 atom stereocenters. The molecule has 0 aliphatic carbocycles. The summed E-state index contributed by atoms with van der Waals surface area (Å²) in [6.45, 7) is -0.0829. The minimum atomic E-state index is -0.966. The van der Waals surface area contributed by atoms with E-state index in [2.05, 4.69) is 15.9 Å². The Bertz CT molecular complexity index is 667. The fourth-order valence-electron chi connectivity index (χ4n) is 1.89. The Hall–Kier alpha value is -1.82. The van der Waals surface area contributed by atoms with Crippen molar-refractivity contribution >= 4 is 21.8 Å². The first-order valence-electron chi connectivity index (χ1n) is 6.03. The third-order valence-corrected chi connectivity index (χ3v) is 3.39. The lowest BCUT2D eigenvalue weighted by molar-refractivity contribution is 0.0774. The predicted molar refractivity (Wildman–Crippen MR) is 76.3 cm³/mol. The molecule has 0 aliphatic rings. The van der Waals surface area contributed by atoms with Gasteiger partial charge in [-0.15, -0.1) is 0 Å². The van der Waals surface area contributed by atoms with E-state index in [4.69, 9.17) is 0 Å². The number of amides is 1. The predicted octanol–water partition coefficient (Wildman–Crippen LogP) is 4.14. The molecule has 110 valence electrons. The highest BCUT2D eigenvalue weighted by atomic mass is 79.9. The molecule has 0 radical (unpaired) electrons. The molecule has 2 rings (SSSR count). The lowest BCUT2D eigenvalue weighted by atomic mass is 10.1. The summed E-state index contributed by atoms with van der Waals surface area (Å²) in [5.74, 6) is -3.26. The third-order valence-electron chi connectivity index (χ3n) is 2.93. The maximum absolute atomic E-state index is 13.7. The number of nitrogens with zero attached hydrogens (tertiary/aromatic N) is 1. The van der Waals surface area contributed by atoms with Gasteiger partial charge in [0.2, 0.25) is 0 Å². The average molecular weight is 358 g/mol. The van der Waals surface area contributed by atoms with E-state index in [1.54, 1.807) is 6.07 Å². The number of carbonyl (C=O) groups is 1. The van der Waals surface area contributed by atoms with Crippen LogP contribution >= 0.6 is 15.9 Å². The van der Waals surface area contributed by atoms with Crippen LogP contribution in [-0.2, 0) is 6.54 Å². The number of halogens is 4. The van der Waals surface area contributed by atoms with Crippen LogP contribution in [0.15, 0.2) is 40.9 Å². The van der Waals surface area contributed by atoms with Gasteiger partial charge in [0.15, 0.2) is 0 Å². The van der Waals surface area contributed by atoms with Crippen LogP contribution in [0.5, 0.6) is 0 Å². The standard InChI is InChI=1S/C15H11BrF3NO/c1-20(8-9-4-2-3-5-11(9)17)15(21)14-12(18)6-10(16)7-13(14)19/h2-7H,8H2,1H3. The van der Waals surface area contributed by atoms with Crippen LogP contribution in [0.25, 0.3) is 0 Å². The van der Waals surface area contributed by atoms with Gasteiger partial charge in [0, 0.05) is 23.6 Å². The van der Waals surface area contributed by atoms with Crippen molar-refractivity contribution in [1.29, 1.82) is 0 Å². The summed E-state index contributed by atoms with van der Waals surface area (Å²) in [6.07, 6.45) is 0. The van der Waals surface area contributed by atoms with E-state index in [1.165, 1.54) is 25.2 Å². The molecular weight excluding hydrogens is 347 g/mol. The molecule has 0 aliphatic heterocycles. The molecule has 0 fully saturated rings. The Morgan fingerprint density at radius 3 is 2.24 bits per heavy atom. The maximum Gasteiger partial charge on any atom is 0.259 e. The second kappa shape index (κ2) is 6.30. The fraction of sp³-hybridized carbons (Fsp3) is 0.133. The molecule has 0 spiro atoms. The molecule has 0 aromatic heterocycles. The number of carbonyl (C=O) groups excluding carboxylic acids is 1. The summed E-state index contributed by atoms with van der Waals surface area (Å²) in [7, 11) is 1.36. The van der Waals surface area contributed by atoms with Gasteiger partial charge in [-0.1, -0.05) is 34.1 Å². The van der Waals surface area contributed by atoms with Gasteiger partial charge < -0.3 is 4.90 Å². The first-order chi connectivity index (χ1) is 9.90. The van der Waals surface area contributed by atoms with Crippen molar-refractivity contribution in [2.75, 3.05) is 7.05 Å². The molecular formula is C15H11BrF3NO. The first-order valence-corrected chi connectivity index (χ1v) is 6.83. The van der Waals surface area contributed by atoms with Crippen molar-refractivity contribution in [3.63, 3.8) is 0 Å². The molecule has 0 saturated carbocycles. The zero-order valence-corrected chi connectivity index (χ0v) is 12.6. The van der Waals surface area contributed by atoms with Crippen LogP contribution in [0.4, 0.5) is 13.2 Å². The Labute approximate surface area is 128 Å². The number of hydrogen-bond acceptors (Lipinski definition) is 1. The molecule has 6 heteroatoms. The van der Waals surface area contributed by atoms with Gasteiger partial charge in [-0.2, -0.15) is 0 Å². The maximum atomic E-state index is 13.7. The van der Waals surface area contributed by atoms with Crippen LogP contribution in [0.3, 0.4) is 0 Å². The SMILES string of the molecule is CN(Cc1ccccc1F)C(=O)c1c(F)cc(Br)cc1F. The Morgan fingerprint density at radius 1 is 1.10 bits per heavy atom. The summed E-state index contributed by atoms with van der Waals surface area (Å²) in [6, 6.07) is 7.93. The molecule has 0 bridgehead atoms. The molecule has 0 unspecified atom stereocenters. The molecule has 2 aromatic carbocycles. The van der Waals surface area contributed by atoms with Crippen LogP contribution in [-0.4, -0.2) is 17.9 Å². The summed E-state index contributed by atoms with van der Waals surface area (Å²) in [4.78, 5) is 13.2. The quantitative estimate of drug-likeness (QED) is 0.808. The molecule has 21 heavy (non-hydrogen) atoms. The van der Waals surface area contributed by atoms with Crippen molar-refractivity contribution in [2.45, 2.75) is 6.54 Å². The normalized spacial score (nSPS) is 10.5. The van der Waals surface area contributed by atoms with Crippen LogP contribution in [0.2, 0.25) is 0 Å². The highest BCUT2D eigenvalue weighted by molar-refractivity contribution is 9.10. The van der Waals surface area contributed by atoms with Gasteiger partial charge in [-0.3, -0.25) is 4.79 Å². The van der Waals surface area contributed by atoms with Gasteiger partial charge >= 0.3 is 0 Å². The first kappa shape index (κ1) is 15.6. The van der Waals surface area contributed by atoms with Crippen molar-refractivity contribution in [3.05, 3.63) is 69.4 Å². The highest BCUT2D eigenvalue weighted by Gasteiger charge is 2.22. The van der Waals surface area contributed by atoms with Gasteiger partial charge in [0.25, 0.3) is 5.91 Å². The van der Waals surface area contributed by atoms with Crippen LogP contribution < -0.4 is 0 Å². The monoisotopic (exact) mass is 357 g/mol. The topological polar surface area (TPSA) is 20.3 Å². The lowest BCUT2D eigenvalue weighted by Gasteiger charge is -2.18. The summed E-state index contributed by atoms with van der Waals surface area (Å²) >= 11 is 2.94. The largest absolute Gasteiger partial charge is 0.337 e. The van der Waals surface area contributed by atoms with Crippen molar-refractivity contribution in [2.24, 2.45) is 0 Å². The van der Waals surface area contributed by atoms with Crippen molar-refractivity contribution < 1.29 is 18.0 Å². The molecule has 0 saturated heterocycles. The minimum absolute atomic E-state index is 0.0829. The average Bonchev–Trinajstić information content (AvgIpc) is 2.40. The zero-order valence-electron chi connectivity index (χ0n) is 11.0. The molecule has 2 aromatic rings. The van der Waals surface area contributed by atoms with Gasteiger partial charge in [-0.25, -0.2) is 13.2 Å². The Kier molecular flexibility index (Phi) is 4.67. The summed E-state index contributed by atoms with van der Waals surface area (Å²) in [5.41, 5.74) is -0.386. The lowest BCUT2D eigenvalue weighted by Crippen LogP contribution is -2.28. The number of benzene rings is 2. The summed E-state index contributed by atoms with van der Waals surface area (Å²) in [5, 5.41) is 0. The molecule has 1 amide bonds. The smallest absolute Gasteiger partial charge is 0.259 e. The van der Waals surface area contributed by atoms with E-state index in [0.717, 1.165) is 17.0 Å². The Morgan fingerprint density at radius 2 is 1.67 bits per heavy atom. The molecule has 0 heterocycles. The van der Waals surface area contributed by atoms with E-state index in [0.29, 0.717) is 0 Å². The van der Waals surface area contributed by atoms with E-state index in [1.807, 2.05) is 0 Å². The molecule has 0 N–H and O–H groups in total. The number of rotatable bonds is 3. The minimum Gasteiger partial charge on any atom is -0.337 e. The third kappa shape index (κ3) is 3.44. The van der Waals surface area contributed by atoms with E-state index < -0.39 is 28.9 Å². The van der Waals surface area contributed by atoms with Crippen molar-refractivity contribution in [1.82, 2.24) is 4.90 Å². The Balaban J connectivity index is 2.26. The van der Waals surface area contributed by atoms with Crippen molar-refractivity contribution in [3.8, 4) is 0 Å². The summed E-state index contributed by atoms with van der Waals surface area (Å²) < 4.78 is 41.2. The van der Waals surface area contributed by atoms with E-state index in [9.17, 15) is 18.0 Å². The van der Waals surface area contributed by atoms with Crippen LogP contribution in [0.1, 0.15) is 15.9 Å². The van der Waals surface area contributed by atoms with Gasteiger partial charge in [-0.05, 0) is 18.2 Å². The second-order valence-corrected chi connectivity index (χ2v) is 5.41. The zero-order chi connectivity index (χ0) is 15.6. The van der Waals surface area contributed by atoms with Crippen LogP contribution in [0, 0.1) is 17.5 Å². The van der Waals surface area contributed by atoms with E-state index >= 15 is 0 Å². The highest BCUT2D eigenvalue weighted by Crippen LogP contribution is 2.21. The fourth-order valence-corrected chi connectivity index (χ4v) is 2.29.